The number of amides is 2. The second-order valence-corrected chi connectivity index (χ2v) is 8.85. The molecular formula is C24H18BrFN2O4S. The van der Waals surface area contributed by atoms with Crippen LogP contribution in [0.2, 0.25) is 0 Å². The van der Waals surface area contributed by atoms with Crippen molar-refractivity contribution in [1.29, 1.82) is 0 Å². The first-order valence-electron chi connectivity index (χ1n) is 9.85. The number of hydrogen-bond acceptors (Lipinski definition) is 6. The smallest absolute Gasteiger partial charge is 0.293 e. The van der Waals surface area contributed by atoms with Crippen LogP contribution in [-0.2, 0) is 17.9 Å². The van der Waals surface area contributed by atoms with E-state index < -0.39 is 17.0 Å². The van der Waals surface area contributed by atoms with E-state index in [-0.39, 0.29) is 23.6 Å². The molecule has 0 saturated carbocycles. The topological polar surface area (TPSA) is 68.7 Å². The van der Waals surface area contributed by atoms with Crippen molar-refractivity contribution in [3.63, 3.8) is 0 Å². The molecule has 168 valence electrons. The number of carbonyl (C=O) groups excluding carboxylic acids is 2. The van der Waals surface area contributed by atoms with Gasteiger partial charge in [-0.05, 0) is 69.7 Å². The number of ether oxygens (including phenoxy) is 2. The minimum atomic E-state index is -0.473. The van der Waals surface area contributed by atoms with Crippen LogP contribution in [0, 0.1) is 5.82 Å². The van der Waals surface area contributed by atoms with Crippen LogP contribution in [0.15, 0.2) is 70.2 Å². The minimum Gasteiger partial charge on any atom is -0.493 e. The molecule has 0 radical (unpaired) electrons. The molecule has 0 unspecified atom stereocenters. The standard InChI is InChI=1S/C24H18BrFN2O4S/c1-31-20-11-15(10-18(25)22(20)32-14-17-7-4-5-9-27-17)12-21-23(29)28(24(30)33-21)13-16-6-2-3-8-19(16)26/h2-12H,13-14H2,1H3/b21-12-. The Kier molecular flexibility index (Phi) is 7.10. The number of pyridine rings is 1. The molecular weight excluding hydrogens is 511 g/mol. The molecule has 0 bridgehead atoms. The van der Waals surface area contributed by atoms with Crippen molar-refractivity contribution >= 4 is 44.9 Å². The third kappa shape index (κ3) is 5.26. The Morgan fingerprint density at radius 2 is 1.94 bits per heavy atom. The van der Waals surface area contributed by atoms with Gasteiger partial charge in [-0.25, -0.2) is 4.39 Å². The lowest BCUT2D eigenvalue weighted by molar-refractivity contribution is -0.123. The number of hydrogen-bond donors (Lipinski definition) is 0. The fraction of sp³-hybridized carbons (Fsp3) is 0.125. The lowest BCUT2D eigenvalue weighted by atomic mass is 10.1. The monoisotopic (exact) mass is 528 g/mol. The van der Waals surface area contributed by atoms with Gasteiger partial charge in [-0.2, -0.15) is 0 Å². The lowest BCUT2D eigenvalue weighted by Crippen LogP contribution is -2.27. The summed E-state index contributed by atoms with van der Waals surface area (Å²) in [6.45, 7) is 0.131. The first-order chi connectivity index (χ1) is 16.0. The van der Waals surface area contributed by atoms with Crippen molar-refractivity contribution in [2.24, 2.45) is 0 Å². The molecule has 1 saturated heterocycles. The summed E-state index contributed by atoms with van der Waals surface area (Å²) in [5, 5.41) is -0.448. The molecule has 3 aromatic rings. The summed E-state index contributed by atoms with van der Waals surface area (Å²) in [6, 6.07) is 15.1. The van der Waals surface area contributed by atoms with E-state index in [1.807, 2.05) is 18.2 Å². The van der Waals surface area contributed by atoms with Crippen LogP contribution in [0.5, 0.6) is 11.5 Å². The maximum Gasteiger partial charge on any atom is 0.293 e. The second-order valence-electron chi connectivity index (χ2n) is 7.00. The van der Waals surface area contributed by atoms with Gasteiger partial charge in [0.05, 0.1) is 28.7 Å². The molecule has 1 fully saturated rings. The quantitative estimate of drug-likeness (QED) is 0.360. The summed E-state index contributed by atoms with van der Waals surface area (Å²) in [7, 11) is 1.52. The first-order valence-corrected chi connectivity index (χ1v) is 11.5. The fourth-order valence-corrected chi connectivity index (χ4v) is 4.59. The summed E-state index contributed by atoms with van der Waals surface area (Å²) in [6.07, 6.45) is 3.29. The van der Waals surface area contributed by atoms with Crippen molar-refractivity contribution in [3.8, 4) is 11.5 Å². The lowest BCUT2D eigenvalue weighted by Gasteiger charge is -2.14. The van der Waals surface area contributed by atoms with Crippen molar-refractivity contribution in [2.45, 2.75) is 13.2 Å². The summed E-state index contributed by atoms with van der Waals surface area (Å²) in [5.74, 6) is 0.0133. The number of thioether (sulfide) groups is 1. The molecule has 33 heavy (non-hydrogen) atoms. The Hall–Kier alpha value is -3.17. The van der Waals surface area contributed by atoms with Crippen LogP contribution in [0.3, 0.4) is 0 Å². The molecule has 2 aromatic carbocycles. The molecule has 0 N–H and O–H groups in total. The van der Waals surface area contributed by atoms with Gasteiger partial charge in [0.1, 0.15) is 12.4 Å². The molecule has 1 aliphatic heterocycles. The third-order valence-corrected chi connectivity index (χ3v) is 6.30. The van der Waals surface area contributed by atoms with Gasteiger partial charge in [-0.3, -0.25) is 19.5 Å². The zero-order valence-electron chi connectivity index (χ0n) is 17.5. The number of carbonyl (C=O) groups is 2. The van der Waals surface area contributed by atoms with Crippen LogP contribution in [0.1, 0.15) is 16.8 Å². The molecule has 0 spiro atoms. The van der Waals surface area contributed by atoms with Gasteiger partial charge in [0.15, 0.2) is 11.5 Å². The first kappa shape index (κ1) is 23.0. The number of imide groups is 1. The van der Waals surface area contributed by atoms with Crippen LogP contribution in [0.4, 0.5) is 9.18 Å². The Morgan fingerprint density at radius 1 is 1.15 bits per heavy atom. The van der Waals surface area contributed by atoms with Gasteiger partial charge < -0.3 is 9.47 Å². The maximum atomic E-state index is 14.0. The van der Waals surface area contributed by atoms with Gasteiger partial charge in [-0.1, -0.05) is 24.3 Å². The number of rotatable bonds is 7. The number of halogens is 2. The van der Waals surface area contributed by atoms with E-state index in [1.165, 1.54) is 13.2 Å². The molecule has 1 aliphatic rings. The van der Waals surface area contributed by atoms with Crippen LogP contribution in [-0.4, -0.2) is 28.1 Å². The van der Waals surface area contributed by atoms with E-state index in [0.717, 1.165) is 22.4 Å². The van der Waals surface area contributed by atoms with Crippen molar-refractivity contribution in [2.75, 3.05) is 7.11 Å². The van der Waals surface area contributed by atoms with Gasteiger partial charge >= 0.3 is 0 Å². The van der Waals surface area contributed by atoms with Crippen molar-refractivity contribution < 1.29 is 23.5 Å². The molecule has 2 amide bonds. The molecule has 9 heteroatoms. The van der Waals surface area contributed by atoms with Gasteiger partial charge in [0, 0.05) is 11.8 Å². The normalized spacial score (nSPS) is 14.8. The molecule has 1 aromatic heterocycles. The zero-order valence-corrected chi connectivity index (χ0v) is 19.9. The highest BCUT2D eigenvalue weighted by molar-refractivity contribution is 9.10. The van der Waals surface area contributed by atoms with E-state index >= 15 is 0 Å². The van der Waals surface area contributed by atoms with Gasteiger partial charge in [0.2, 0.25) is 0 Å². The number of benzene rings is 2. The van der Waals surface area contributed by atoms with Crippen molar-refractivity contribution in [1.82, 2.24) is 9.88 Å². The maximum absolute atomic E-state index is 14.0. The Labute approximate surface area is 202 Å². The highest BCUT2D eigenvalue weighted by atomic mass is 79.9. The number of methoxy groups -OCH3 is 1. The van der Waals surface area contributed by atoms with Crippen molar-refractivity contribution in [3.05, 3.63) is 92.8 Å². The Morgan fingerprint density at radius 3 is 2.67 bits per heavy atom. The average molecular weight is 529 g/mol. The SMILES string of the molecule is COc1cc(/C=C2\SC(=O)N(Cc3ccccc3F)C2=O)cc(Br)c1OCc1ccccn1. The van der Waals surface area contributed by atoms with E-state index in [4.69, 9.17) is 9.47 Å². The number of aromatic nitrogens is 1. The van der Waals surface area contributed by atoms with E-state index in [2.05, 4.69) is 20.9 Å². The molecule has 6 nitrogen and oxygen atoms in total. The van der Waals surface area contributed by atoms with Crippen LogP contribution < -0.4 is 9.47 Å². The number of nitrogens with zero attached hydrogens (tertiary/aromatic N) is 2. The summed E-state index contributed by atoms with van der Waals surface area (Å²) < 4.78 is 25.9. The minimum absolute atomic E-state index is 0.123. The van der Waals surface area contributed by atoms with Crippen LogP contribution in [0.25, 0.3) is 6.08 Å². The molecule has 4 rings (SSSR count). The summed E-state index contributed by atoms with van der Waals surface area (Å²) in [5.41, 5.74) is 1.68. The second kappa shape index (κ2) is 10.2. The summed E-state index contributed by atoms with van der Waals surface area (Å²) >= 11 is 4.30. The molecule has 0 aliphatic carbocycles. The van der Waals surface area contributed by atoms with E-state index in [1.54, 1.807) is 42.6 Å². The van der Waals surface area contributed by atoms with Gasteiger partial charge in [-0.15, -0.1) is 0 Å². The van der Waals surface area contributed by atoms with Crippen LogP contribution >= 0.6 is 27.7 Å². The largest absolute Gasteiger partial charge is 0.493 e. The van der Waals surface area contributed by atoms with E-state index in [0.29, 0.717) is 21.5 Å². The molecule has 0 atom stereocenters. The Balaban J connectivity index is 1.54. The summed E-state index contributed by atoms with van der Waals surface area (Å²) in [4.78, 5) is 30.7. The highest BCUT2D eigenvalue weighted by Crippen LogP contribution is 2.39. The fourth-order valence-electron chi connectivity index (χ4n) is 3.18. The average Bonchev–Trinajstić information content (AvgIpc) is 3.07. The highest BCUT2D eigenvalue weighted by Gasteiger charge is 2.35. The zero-order chi connectivity index (χ0) is 23.4. The van der Waals surface area contributed by atoms with Gasteiger partial charge in [0.25, 0.3) is 11.1 Å². The third-order valence-electron chi connectivity index (χ3n) is 4.80. The van der Waals surface area contributed by atoms with E-state index in [9.17, 15) is 14.0 Å². The Bertz CT molecular complexity index is 1240. The predicted molar refractivity (Wildman–Crippen MR) is 127 cm³/mol. The molecule has 2 heterocycles. The predicted octanol–water partition coefficient (Wildman–Crippen LogP) is 5.81.